The highest BCUT2D eigenvalue weighted by molar-refractivity contribution is 6.31. The minimum atomic E-state index is -0.487. The first-order valence-corrected chi connectivity index (χ1v) is 10.6. The van der Waals surface area contributed by atoms with Crippen LogP contribution in [-0.4, -0.2) is 62.7 Å². The molecule has 1 fully saturated rings. The lowest BCUT2D eigenvalue weighted by Crippen LogP contribution is -2.44. The number of methoxy groups -OCH3 is 1. The summed E-state index contributed by atoms with van der Waals surface area (Å²) >= 11 is 5.89. The van der Waals surface area contributed by atoms with Crippen LogP contribution in [0.2, 0.25) is 5.02 Å². The minimum absolute atomic E-state index is 0.0223. The van der Waals surface area contributed by atoms with Gasteiger partial charge in [-0.25, -0.2) is 14.4 Å². The zero-order valence-corrected chi connectivity index (χ0v) is 18.3. The van der Waals surface area contributed by atoms with Crippen molar-refractivity contribution in [2.45, 2.75) is 6.04 Å². The molecule has 0 radical (unpaired) electrons. The van der Waals surface area contributed by atoms with Crippen LogP contribution in [0.5, 0.6) is 11.5 Å². The van der Waals surface area contributed by atoms with E-state index >= 15 is 0 Å². The Morgan fingerprint density at radius 3 is 2.91 bits per heavy atom. The van der Waals surface area contributed by atoms with E-state index in [9.17, 15) is 4.39 Å². The fourth-order valence-corrected chi connectivity index (χ4v) is 3.49. The van der Waals surface area contributed by atoms with Gasteiger partial charge in [-0.15, -0.1) is 0 Å². The van der Waals surface area contributed by atoms with Gasteiger partial charge >= 0.3 is 0 Å². The summed E-state index contributed by atoms with van der Waals surface area (Å²) in [6.07, 6.45) is 1.44. The molecule has 10 heteroatoms. The van der Waals surface area contributed by atoms with Gasteiger partial charge in [0.2, 0.25) is 0 Å². The number of hydrogen-bond donors (Lipinski definition) is 2. The first-order valence-electron chi connectivity index (χ1n) is 10.2. The number of anilines is 2. The van der Waals surface area contributed by atoms with Crippen LogP contribution in [0.3, 0.4) is 0 Å². The first kappa shape index (κ1) is 22.5. The second-order valence-corrected chi connectivity index (χ2v) is 7.55. The van der Waals surface area contributed by atoms with Crippen LogP contribution in [-0.2, 0) is 9.47 Å². The zero-order valence-electron chi connectivity index (χ0n) is 17.6. The summed E-state index contributed by atoms with van der Waals surface area (Å²) in [5.74, 6) is 1.14. The summed E-state index contributed by atoms with van der Waals surface area (Å²) in [5.41, 5.74) is 1.27. The molecule has 2 aromatic carbocycles. The van der Waals surface area contributed by atoms with Crippen LogP contribution < -0.4 is 20.1 Å². The highest BCUT2D eigenvalue weighted by Crippen LogP contribution is 2.35. The first-order chi connectivity index (χ1) is 15.6. The number of halogens is 2. The van der Waals surface area contributed by atoms with E-state index in [0.717, 1.165) is 13.2 Å². The van der Waals surface area contributed by atoms with Gasteiger partial charge < -0.3 is 29.6 Å². The van der Waals surface area contributed by atoms with Crippen molar-refractivity contribution in [1.29, 1.82) is 0 Å². The Morgan fingerprint density at radius 1 is 1.22 bits per heavy atom. The number of nitrogens with zero attached hydrogens (tertiary/aromatic N) is 2. The van der Waals surface area contributed by atoms with Gasteiger partial charge in [0.15, 0.2) is 11.5 Å². The molecule has 0 aliphatic carbocycles. The van der Waals surface area contributed by atoms with E-state index < -0.39 is 5.82 Å². The van der Waals surface area contributed by atoms with Crippen LogP contribution in [0.15, 0.2) is 36.7 Å². The smallest absolute Gasteiger partial charge is 0.162 e. The molecule has 3 aromatic rings. The Bertz CT molecular complexity index is 1070. The molecular weight excluding hydrogens is 439 g/mol. The molecule has 1 aliphatic heterocycles. The molecule has 1 atom stereocenters. The van der Waals surface area contributed by atoms with Crippen molar-refractivity contribution in [3.63, 3.8) is 0 Å². The van der Waals surface area contributed by atoms with E-state index in [4.69, 9.17) is 30.5 Å². The zero-order chi connectivity index (χ0) is 22.3. The SMILES string of the molecule is COc1cc2ncnc(Nc3ccc(F)c(Cl)c3)c2cc1OCCOC[C@@H]1COCCN1. The molecule has 2 N–H and O–H groups in total. The van der Waals surface area contributed by atoms with Crippen LogP contribution in [0.4, 0.5) is 15.9 Å². The van der Waals surface area contributed by atoms with Crippen LogP contribution in [0.25, 0.3) is 10.9 Å². The quantitative estimate of drug-likeness (QED) is 0.467. The monoisotopic (exact) mass is 462 g/mol. The third kappa shape index (κ3) is 5.55. The molecule has 170 valence electrons. The van der Waals surface area contributed by atoms with E-state index in [1.165, 1.54) is 18.5 Å². The third-order valence-electron chi connectivity index (χ3n) is 4.91. The predicted octanol–water partition coefficient (Wildman–Crippen LogP) is 3.56. The second-order valence-electron chi connectivity index (χ2n) is 7.15. The van der Waals surface area contributed by atoms with Gasteiger partial charge in [-0.2, -0.15) is 0 Å². The number of aromatic nitrogens is 2. The average Bonchev–Trinajstić information content (AvgIpc) is 2.81. The standard InChI is InChI=1S/C22H24ClFN4O4/c1-29-20-10-19-16(9-21(20)32-7-6-31-12-15-11-30-5-4-25-15)22(27-13-26-19)28-14-2-3-18(24)17(23)8-14/h2-3,8-10,13,15,25H,4-7,11-12H2,1H3,(H,26,27,28)/t15-/m0/s1. The number of rotatable bonds is 9. The van der Waals surface area contributed by atoms with Gasteiger partial charge in [0.1, 0.15) is 24.6 Å². The van der Waals surface area contributed by atoms with E-state index in [2.05, 4.69) is 20.6 Å². The number of hydrogen-bond acceptors (Lipinski definition) is 8. The molecule has 32 heavy (non-hydrogen) atoms. The largest absolute Gasteiger partial charge is 0.493 e. The van der Waals surface area contributed by atoms with E-state index in [-0.39, 0.29) is 11.1 Å². The van der Waals surface area contributed by atoms with Gasteiger partial charge in [-0.05, 0) is 24.3 Å². The van der Waals surface area contributed by atoms with Gasteiger partial charge in [0, 0.05) is 23.7 Å². The number of fused-ring (bicyclic) bond motifs is 1. The van der Waals surface area contributed by atoms with Crippen molar-refractivity contribution in [1.82, 2.24) is 15.3 Å². The molecular formula is C22H24ClFN4O4. The van der Waals surface area contributed by atoms with Crippen LogP contribution in [0.1, 0.15) is 0 Å². The predicted molar refractivity (Wildman–Crippen MR) is 120 cm³/mol. The summed E-state index contributed by atoms with van der Waals surface area (Å²) in [5, 5.41) is 7.23. The Hall–Kier alpha value is -2.72. The number of ether oxygens (including phenoxy) is 4. The second kappa shape index (κ2) is 10.7. The molecule has 0 spiro atoms. The van der Waals surface area contributed by atoms with Crippen LogP contribution >= 0.6 is 11.6 Å². The van der Waals surface area contributed by atoms with E-state index in [1.807, 2.05) is 0 Å². The molecule has 0 unspecified atom stereocenters. The maximum Gasteiger partial charge on any atom is 0.162 e. The topological polar surface area (TPSA) is 86.8 Å². The number of morpholine rings is 1. The van der Waals surface area contributed by atoms with Crippen molar-refractivity contribution in [3.05, 3.63) is 47.5 Å². The summed E-state index contributed by atoms with van der Waals surface area (Å²) < 4.78 is 35.9. The Balaban J connectivity index is 1.45. The molecule has 0 amide bonds. The molecule has 1 saturated heterocycles. The van der Waals surface area contributed by atoms with Crippen LogP contribution in [0, 0.1) is 5.82 Å². The van der Waals surface area contributed by atoms with Gasteiger partial charge in [-0.3, -0.25) is 0 Å². The lowest BCUT2D eigenvalue weighted by atomic mass is 10.2. The van der Waals surface area contributed by atoms with Gasteiger partial charge in [0.25, 0.3) is 0 Å². The number of nitrogens with one attached hydrogen (secondary N) is 2. The van der Waals surface area contributed by atoms with Crippen molar-refractivity contribution in [2.75, 3.05) is 52.0 Å². The van der Waals surface area contributed by atoms with Crippen molar-refractivity contribution < 1.29 is 23.3 Å². The molecule has 0 bridgehead atoms. The lowest BCUT2D eigenvalue weighted by Gasteiger charge is -2.23. The van der Waals surface area contributed by atoms with Gasteiger partial charge in [-0.1, -0.05) is 11.6 Å². The van der Waals surface area contributed by atoms with E-state index in [0.29, 0.717) is 60.3 Å². The fraction of sp³-hybridized carbons (Fsp3) is 0.364. The molecule has 1 aliphatic rings. The fourth-order valence-electron chi connectivity index (χ4n) is 3.31. The highest BCUT2D eigenvalue weighted by Gasteiger charge is 2.14. The Kier molecular flexibility index (Phi) is 7.54. The molecule has 2 heterocycles. The summed E-state index contributed by atoms with van der Waals surface area (Å²) in [6, 6.07) is 8.15. The summed E-state index contributed by atoms with van der Waals surface area (Å²) in [7, 11) is 1.57. The van der Waals surface area contributed by atoms with Crippen molar-refractivity contribution >= 4 is 34.0 Å². The molecule has 1 aromatic heterocycles. The summed E-state index contributed by atoms with van der Waals surface area (Å²) in [4.78, 5) is 8.62. The Labute approximate surface area is 190 Å². The van der Waals surface area contributed by atoms with Gasteiger partial charge in [0.05, 0.1) is 50.1 Å². The molecule has 4 rings (SSSR count). The van der Waals surface area contributed by atoms with Crippen molar-refractivity contribution in [2.24, 2.45) is 0 Å². The molecule has 0 saturated carbocycles. The maximum atomic E-state index is 13.5. The minimum Gasteiger partial charge on any atom is -0.493 e. The Morgan fingerprint density at radius 2 is 2.12 bits per heavy atom. The van der Waals surface area contributed by atoms with Crippen molar-refractivity contribution in [3.8, 4) is 11.5 Å². The third-order valence-corrected chi connectivity index (χ3v) is 5.20. The highest BCUT2D eigenvalue weighted by atomic mass is 35.5. The van der Waals surface area contributed by atoms with E-state index in [1.54, 1.807) is 25.3 Å². The lowest BCUT2D eigenvalue weighted by molar-refractivity contribution is 0.0218. The average molecular weight is 463 g/mol. The summed E-state index contributed by atoms with van der Waals surface area (Å²) in [6.45, 7) is 3.54. The molecule has 8 nitrogen and oxygen atoms in total. The maximum absolute atomic E-state index is 13.5. The number of benzene rings is 2. The normalized spacial score (nSPS) is 16.2.